The molecular weight excluding hydrogens is 474 g/mol. The molecule has 1 heterocycles. The Labute approximate surface area is 229 Å². The Morgan fingerprint density at radius 2 is 0.872 bits per heavy atom. The zero-order chi connectivity index (χ0) is 26.0. The van der Waals surface area contributed by atoms with Crippen LogP contribution in [0, 0.1) is 0 Å². The van der Waals surface area contributed by atoms with E-state index >= 15 is 0 Å². The van der Waals surface area contributed by atoms with Gasteiger partial charge in [0.1, 0.15) is 5.82 Å². The number of hydrogen-bond donors (Lipinski definition) is 0. The Kier molecular flexibility index (Phi) is 5.87. The van der Waals surface area contributed by atoms with E-state index < -0.39 is 0 Å². The number of fused-ring (bicyclic) bond motifs is 3. The molecule has 186 valence electrons. The minimum absolute atomic E-state index is 0.897. The fourth-order valence-corrected chi connectivity index (χ4v) is 5.54. The van der Waals surface area contributed by atoms with Gasteiger partial charge < -0.3 is 4.90 Å². The van der Waals surface area contributed by atoms with Crippen molar-refractivity contribution in [3.05, 3.63) is 163 Å². The molecule has 3 heteroatoms. The summed E-state index contributed by atoms with van der Waals surface area (Å²) in [6.07, 6.45) is 2.75. The number of pyridine rings is 1. The lowest BCUT2D eigenvalue weighted by molar-refractivity contribution is 1.17. The molecule has 0 fully saturated rings. The van der Waals surface area contributed by atoms with Crippen LogP contribution in [0.25, 0.3) is 11.1 Å². The molecule has 0 radical (unpaired) electrons. The number of rotatable bonds is 6. The molecule has 3 nitrogen and oxygen atoms in total. The van der Waals surface area contributed by atoms with Gasteiger partial charge in [0.25, 0.3) is 0 Å². The van der Waals surface area contributed by atoms with Crippen LogP contribution in [0.2, 0.25) is 0 Å². The van der Waals surface area contributed by atoms with Gasteiger partial charge in [-0.1, -0.05) is 72.8 Å². The third-order valence-electron chi connectivity index (χ3n) is 7.29. The third-order valence-corrected chi connectivity index (χ3v) is 7.29. The average Bonchev–Trinajstić information content (AvgIpc) is 3.37. The van der Waals surface area contributed by atoms with E-state index in [1.54, 1.807) is 0 Å². The summed E-state index contributed by atoms with van der Waals surface area (Å²) in [6, 6.07) is 51.3. The molecule has 1 aliphatic carbocycles. The van der Waals surface area contributed by atoms with Crippen LogP contribution in [0.4, 0.5) is 34.3 Å². The molecule has 1 aliphatic rings. The second-order valence-electron chi connectivity index (χ2n) is 9.73. The van der Waals surface area contributed by atoms with E-state index in [0.717, 1.165) is 35.0 Å². The van der Waals surface area contributed by atoms with Crippen molar-refractivity contribution in [2.75, 3.05) is 9.80 Å². The van der Waals surface area contributed by atoms with Crippen molar-refractivity contribution >= 4 is 34.3 Å². The zero-order valence-corrected chi connectivity index (χ0v) is 21.5. The highest BCUT2D eigenvalue weighted by molar-refractivity contribution is 5.85. The SMILES string of the molecule is c1ccc(N(c2ccccc2)c2ccc3c(c2)Cc2cc(N(c4ccccc4)c4ccccn4)ccc2-3)cc1. The van der Waals surface area contributed by atoms with Crippen LogP contribution in [0.15, 0.2) is 152 Å². The van der Waals surface area contributed by atoms with Crippen LogP contribution < -0.4 is 9.80 Å². The highest BCUT2D eigenvalue weighted by Gasteiger charge is 2.23. The highest BCUT2D eigenvalue weighted by Crippen LogP contribution is 2.44. The molecule has 0 unspecified atom stereocenters. The van der Waals surface area contributed by atoms with Crippen LogP contribution in [0.3, 0.4) is 0 Å². The number of benzene rings is 5. The largest absolute Gasteiger partial charge is 0.310 e. The van der Waals surface area contributed by atoms with E-state index in [4.69, 9.17) is 0 Å². The summed E-state index contributed by atoms with van der Waals surface area (Å²) in [6.45, 7) is 0. The Balaban J connectivity index is 1.27. The van der Waals surface area contributed by atoms with Crippen molar-refractivity contribution in [2.45, 2.75) is 6.42 Å². The minimum atomic E-state index is 0.897. The molecule has 7 rings (SSSR count). The molecule has 0 atom stereocenters. The smallest absolute Gasteiger partial charge is 0.137 e. The van der Waals surface area contributed by atoms with Gasteiger partial charge in [0.2, 0.25) is 0 Å². The van der Waals surface area contributed by atoms with E-state index in [-0.39, 0.29) is 0 Å². The van der Waals surface area contributed by atoms with Gasteiger partial charge >= 0.3 is 0 Å². The van der Waals surface area contributed by atoms with Gasteiger partial charge in [-0.25, -0.2) is 4.98 Å². The lowest BCUT2D eigenvalue weighted by Gasteiger charge is -2.26. The highest BCUT2D eigenvalue weighted by atomic mass is 15.2. The van der Waals surface area contributed by atoms with Crippen molar-refractivity contribution in [1.82, 2.24) is 4.98 Å². The monoisotopic (exact) mass is 501 g/mol. The molecule has 0 aliphatic heterocycles. The fourth-order valence-electron chi connectivity index (χ4n) is 5.54. The van der Waals surface area contributed by atoms with E-state index in [1.807, 2.05) is 24.4 Å². The van der Waals surface area contributed by atoms with Gasteiger partial charge in [0.05, 0.1) is 0 Å². The van der Waals surface area contributed by atoms with E-state index in [1.165, 1.54) is 27.9 Å². The Bertz CT molecular complexity index is 1510. The van der Waals surface area contributed by atoms with Crippen LogP contribution in [0.1, 0.15) is 11.1 Å². The van der Waals surface area contributed by atoms with Gasteiger partial charge in [0, 0.05) is 34.6 Å². The standard InChI is InChI=1S/C36H27N3/c1-4-12-29(13-5-1)38(30-14-6-2-7-15-30)32-19-21-34-27(25-32)24-28-26-33(20-22-35(28)34)39(31-16-8-3-9-17-31)36-18-10-11-23-37-36/h1-23,25-26H,24H2. The number of anilines is 6. The van der Waals surface area contributed by atoms with Gasteiger partial charge in [-0.2, -0.15) is 0 Å². The number of para-hydroxylation sites is 3. The Morgan fingerprint density at radius 1 is 0.410 bits per heavy atom. The molecule has 0 amide bonds. The van der Waals surface area contributed by atoms with Crippen LogP contribution >= 0.6 is 0 Å². The van der Waals surface area contributed by atoms with E-state index in [0.29, 0.717) is 0 Å². The van der Waals surface area contributed by atoms with Crippen molar-refractivity contribution < 1.29 is 0 Å². The first-order valence-electron chi connectivity index (χ1n) is 13.3. The van der Waals surface area contributed by atoms with Crippen molar-refractivity contribution in [3.8, 4) is 11.1 Å². The van der Waals surface area contributed by atoms with Crippen molar-refractivity contribution in [1.29, 1.82) is 0 Å². The van der Waals surface area contributed by atoms with Crippen LogP contribution in [0.5, 0.6) is 0 Å². The number of nitrogens with zero attached hydrogens (tertiary/aromatic N) is 3. The average molecular weight is 502 g/mol. The van der Waals surface area contributed by atoms with E-state index in [9.17, 15) is 0 Å². The molecule has 1 aromatic heterocycles. The Hall–Kier alpha value is -5.15. The lowest BCUT2D eigenvalue weighted by atomic mass is 10.0. The summed E-state index contributed by atoms with van der Waals surface area (Å²) in [7, 11) is 0. The first-order chi connectivity index (χ1) is 19.3. The quantitative estimate of drug-likeness (QED) is 0.226. The summed E-state index contributed by atoms with van der Waals surface area (Å²) in [5.74, 6) is 0.905. The Morgan fingerprint density at radius 3 is 1.36 bits per heavy atom. The maximum Gasteiger partial charge on any atom is 0.137 e. The number of hydrogen-bond acceptors (Lipinski definition) is 3. The maximum absolute atomic E-state index is 4.67. The van der Waals surface area contributed by atoms with E-state index in [2.05, 4.69) is 142 Å². The van der Waals surface area contributed by atoms with Gasteiger partial charge in [-0.15, -0.1) is 0 Å². The molecule has 39 heavy (non-hydrogen) atoms. The molecule has 0 N–H and O–H groups in total. The second-order valence-corrected chi connectivity index (χ2v) is 9.73. The summed E-state index contributed by atoms with van der Waals surface area (Å²) < 4.78 is 0. The van der Waals surface area contributed by atoms with Gasteiger partial charge in [-0.05, 0) is 101 Å². The molecular formula is C36H27N3. The third kappa shape index (κ3) is 4.34. The van der Waals surface area contributed by atoms with Crippen LogP contribution in [-0.4, -0.2) is 4.98 Å². The van der Waals surface area contributed by atoms with Crippen molar-refractivity contribution in [3.63, 3.8) is 0 Å². The molecule has 0 saturated heterocycles. The normalized spacial score (nSPS) is 11.5. The summed E-state index contributed by atoms with van der Waals surface area (Å²) in [4.78, 5) is 9.22. The first kappa shape index (κ1) is 23.0. The molecule has 5 aromatic carbocycles. The first-order valence-corrected chi connectivity index (χ1v) is 13.3. The molecule has 0 saturated carbocycles. The second kappa shape index (κ2) is 9.96. The van der Waals surface area contributed by atoms with Crippen molar-refractivity contribution in [2.24, 2.45) is 0 Å². The zero-order valence-electron chi connectivity index (χ0n) is 21.5. The van der Waals surface area contributed by atoms with Crippen LogP contribution in [-0.2, 0) is 6.42 Å². The molecule has 6 aromatic rings. The van der Waals surface area contributed by atoms with Gasteiger partial charge in [0.15, 0.2) is 0 Å². The minimum Gasteiger partial charge on any atom is -0.310 e. The number of aromatic nitrogens is 1. The lowest BCUT2D eigenvalue weighted by Crippen LogP contribution is -2.11. The molecule has 0 bridgehead atoms. The van der Waals surface area contributed by atoms with Gasteiger partial charge in [-0.3, -0.25) is 4.90 Å². The predicted molar refractivity (Wildman–Crippen MR) is 162 cm³/mol. The summed E-state index contributed by atoms with van der Waals surface area (Å²) in [5, 5.41) is 0. The topological polar surface area (TPSA) is 19.4 Å². The summed E-state index contributed by atoms with van der Waals surface area (Å²) in [5.41, 5.74) is 11.0. The predicted octanol–water partition coefficient (Wildman–Crippen LogP) is 9.59. The fraction of sp³-hybridized carbons (Fsp3) is 0.0278. The maximum atomic E-state index is 4.67. The summed E-state index contributed by atoms with van der Waals surface area (Å²) >= 11 is 0. The molecule has 0 spiro atoms.